The second kappa shape index (κ2) is 8.75. The summed E-state index contributed by atoms with van der Waals surface area (Å²) in [4.78, 5) is 18.8. The van der Waals surface area contributed by atoms with Gasteiger partial charge in [-0.05, 0) is 46.7 Å². The smallest absolute Gasteiger partial charge is 0.233 e. The van der Waals surface area contributed by atoms with E-state index in [1.165, 1.54) is 11.3 Å². The van der Waals surface area contributed by atoms with Crippen molar-refractivity contribution in [2.45, 2.75) is 31.1 Å². The van der Waals surface area contributed by atoms with Gasteiger partial charge in [-0.15, -0.1) is 11.3 Å². The van der Waals surface area contributed by atoms with Gasteiger partial charge in [-0.25, -0.2) is 4.98 Å². The van der Waals surface area contributed by atoms with Crippen LogP contribution in [0, 0.1) is 16.7 Å². The first-order chi connectivity index (χ1) is 19.0. The van der Waals surface area contributed by atoms with Crippen LogP contribution in [0.5, 0.6) is 0 Å². The fourth-order valence-corrected chi connectivity index (χ4v) is 7.31. The highest BCUT2D eigenvalue weighted by Crippen LogP contribution is 2.63. The second-order valence-corrected chi connectivity index (χ2v) is 11.5. The molecule has 2 N–H and O–H groups in total. The summed E-state index contributed by atoms with van der Waals surface area (Å²) >= 11 is 1.44. The van der Waals surface area contributed by atoms with Crippen LogP contribution in [0.2, 0.25) is 0 Å². The van der Waals surface area contributed by atoms with Crippen molar-refractivity contribution in [1.29, 1.82) is 5.26 Å². The van der Waals surface area contributed by atoms with Gasteiger partial charge in [0.1, 0.15) is 5.41 Å². The van der Waals surface area contributed by atoms with E-state index in [9.17, 15) is 10.1 Å². The largest absolute Gasteiger partial charge is 0.301 e. The number of aromatic nitrogens is 3. The fraction of sp³-hybridized carbons (Fsp3) is 0.188. The van der Waals surface area contributed by atoms with Crippen LogP contribution in [0.1, 0.15) is 52.8 Å². The number of carbonyl (C=O) groups is 1. The number of thiazole rings is 1. The summed E-state index contributed by atoms with van der Waals surface area (Å²) in [5, 5.41) is 23.1. The van der Waals surface area contributed by atoms with E-state index in [-0.39, 0.29) is 11.8 Å². The van der Waals surface area contributed by atoms with Gasteiger partial charge in [0.05, 0.1) is 23.4 Å². The lowest BCUT2D eigenvalue weighted by Crippen LogP contribution is -2.53. The fourth-order valence-electron chi connectivity index (χ4n) is 6.61. The summed E-state index contributed by atoms with van der Waals surface area (Å²) in [5.41, 5.74) is 6.74. The summed E-state index contributed by atoms with van der Waals surface area (Å²) in [6, 6.07) is 27.2. The van der Waals surface area contributed by atoms with Gasteiger partial charge < -0.3 is 5.32 Å². The van der Waals surface area contributed by atoms with Gasteiger partial charge in [0.15, 0.2) is 5.13 Å². The monoisotopic (exact) mass is 527 g/mol. The number of H-pyrrole nitrogens is 1. The van der Waals surface area contributed by atoms with E-state index in [0.717, 1.165) is 44.6 Å². The number of carbonyl (C=O) groups excluding carboxylic acids is 1. The van der Waals surface area contributed by atoms with Crippen molar-refractivity contribution in [3.8, 4) is 17.2 Å². The highest BCUT2D eigenvalue weighted by atomic mass is 32.1. The van der Waals surface area contributed by atoms with Crippen molar-refractivity contribution >= 4 is 22.4 Å². The molecule has 190 valence electrons. The molecule has 39 heavy (non-hydrogen) atoms. The Hall–Kier alpha value is -4.54. The van der Waals surface area contributed by atoms with Gasteiger partial charge >= 0.3 is 0 Å². The first-order valence-corrected chi connectivity index (χ1v) is 13.8. The van der Waals surface area contributed by atoms with E-state index in [4.69, 9.17) is 4.98 Å². The van der Waals surface area contributed by atoms with Gasteiger partial charge in [0.2, 0.25) is 5.91 Å². The molecule has 2 bridgehead atoms. The normalized spacial score (nSPS) is 22.5. The lowest BCUT2D eigenvalue weighted by atomic mass is 9.47. The molecule has 0 spiro atoms. The zero-order valence-corrected chi connectivity index (χ0v) is 22.1. The SMILES string of the molecule is CC1(C(=O)Nc2nc(Cc3ccc(-c4cn[nH]c4)cc3)cs2)CC2(C#N)c3ccccc3C1c1ccccc12. The number of nitrogens with one attached hydrogen (secondary N) is 2. The number of fused-ring (bicyclic) bond motifs is 1. The molecule has 0 saturated heterocycles. The summed E-state index contributed by atoms with van der Waals surface area (Å²) in [7, 11) is 0. The molecular formula is C32H25N5OS. The summed E-state index contributed by atoms with van der Waals surface area (Å²) in [5.74, 6) is -0.227. The molecule has 7 heteroatoms. The number of amides is 1. The molecule has 1 amide bonds. The molecular weight excluding hydrogens is 502 g/mol. The number of nitrogens with zero attached hydrogens (tertiary/aromatic N) is 3. The summed E-state index contributed by atoms with van der Waals surface area (Å²) in [6.45, 7) is 2.00. The Labute approximate surface area is 230 Å². The molecule has 2 aromatic heterocycles. The van der Waals surface area contributed by atoms with Crippen molar-refractivity contribution in [3.63, 3.8) is 0 Å². The number of rotatable bonds is 5. The minimum atomic E-state index is -0.856. The van der Waals surface area contributed by atoms with Gasteiger partial charge in [-0.1, -0.05) is 72.8 Å². The van der Waals surface area contributed by atoms with Gasteiger partial charge in [-0.2, -0.15) is 10.4 Å². The number of hydrogen-bond donors (Lipinski definition) is 2. The van der Waals surface area contributed by atoms with Crippen LogP contribution in [0.3, 0.4) is 0 Å². The molecule has 3 aromatic carbocycles. The van der Waals surface area contributed by atoms with E-state index in [2.05, 4.69) is 58.0 Å². The zero-order chi connectivity index (χ0) is 26.6. The molecule has 0 fully saturated rings. The number of anilines is 1. The van der Waals surface area contributed by atoms with Crippen LogP contribution in [0.15, 0.2) is 90.6 Å². The molecule has 1 atom stereocenters. The maximum atomic E-state index is 14.0. The average Bonchev–Trinajstić information content (AvgIpc) is 3.66. The van der Waals surface area contributed by atoms with E-state index >= 15 is 0 Å². The predicted molar refractivity (Wildman–Crippen MR) is 151 cm³/mol. The maximum absolute atomic E-state index is 14.0. The molecule has 3 aliphatic rings. The number of benzene rings is 3. The Balaban J connectivity index is 1.15. The molecule has 0 aliphatic heterocycles. The minimum absolute atomic E-state index is 0.0958. The Kier molecular flexibility index (Phi) is 5.29. The van der Waals surface area contributed by atoms with Crippen molar-refractivity contribution in [2.24, 2.45) is 5.41 Å². The van der Waals surface area contributed by atoms with Crippen molar-refractivity contribution in [1.82, 2.24) is 15.2 Å². The second-order valence-electron chi connectivity index (χ2n) is 10.7. The molecule has 0 radical (unpaired) electrons. The van der Waals surface area contributed by atoms with Crippen LogP contribution >= 0.6 is 11.3 Å². The third kappa shape index (κ3) is 3.56. The lowest BCUT2D eigenvalue weighted by molar-refractivity contribution is -0.127. The minimum Gasteiger partial charge on any atom is -0.301 e. The zero-order valence-electron chi connectivity index (χ0n) is 21.3. The molecule has 6 nitrogen and oxygen atoms in total. The summed E-state index contributed by atoms with van der Waals surface area (Å²) < 4.78 is 0. The molecule has 5 aromatic rings. The molecule has 1 unspecified atom stereocenters. The number of nitriles is 1. The Morgan fingerprint density at radius 2 is 1.74 bits per heavy atom. The highest BCUT2D eigenvalue weighted by Gasteiger charge is 2.61. The molecule has 2 heterocycles. The maximum Gasteiger partial charge on any atom is 0.233 e. The molecule has 3 aliphatic carbocycles. The predicted octanol–water partition coefficient (Wildman–Crippen LogP) is 6.43. The van der Waals surface area contributed by atoms with E-state index in [1.807, 2.05) is 54.9 Å². The average molecular weight is 528 g/mol. The first-order valence-electron chi connectivity index (χ1n) is 13.0. The third-order valence-corrected chi connectivity index (χ3v) is 9.19. The van der Waals surface area contributed by atoms with E-state index < -0.39 is 10.8 Å². The lowest BCUT2D eigenvalue weighted by Gasteiger charge is -2.54. The number of aromatic amines is 1. The molecule has 8 rings (SSSR count). The Bertz CT molecular complexity index is 1700. The van der Waals surface area contributed by atoms with E-state index in [0.29, 0.717) is 18.0 Å². The Morgan fingerprint density at radius 3 is 2.38 bits per heavy atom. The molecule has 0 saturated carbocycles. The van der Waals surface area contributed by atoms with Crippen LogP contribution < -0.4 is 5.32 Å². The van der Waals surface area contributed by atoms with Crippen LogP contribution in [0.4, 0.5) is 5.13 Å². The standard InChI is InChI=1S/C32H25N5OS/c1-31(18-32(19-33)26-8-4-2-6-24(26)28(31)25-7-3-5-9-27(25)32)29(38)37-30-36-23(17-39-30)14-20-10-12-21(13-11-20)22-15-34-35-16-22/h2-13,15-17,28H,14,18H2,1H3,(H,34,35)(H,36,37,38). The topological polar surface area (TPSA) is 94.5 Å². The van der Waals surface area contributed by atoms with Crippen molar-refractivity contribution in [3.05, 3.63) is 124 Å². The van der Waals surface area contributed by atoms with Crippen LogP contribution in [-0.2, 0) is 16.6 Å². The van der Waals surface area contributed by atoms with Crippen molar-refractivity contribution < 1.29 is 4.79 Å². The summed E-state index contributed by atoms with van der Waals surface area (Å²) in [6.07, 6.45) is 4.79. The first kappa shape index (κ1) is 23.6. The van der Waals surface area contributed by atoms with Crippen molar-refractivity contribution in [2.75, 3.05) is 5.32 Å². The van der Waals surface area contributed by atoms with Crippen LogP contribution in [-0.4, -0.2) is 21.1 Å². The van der Waals surface area contributed by atoms with Gasteiger partial charge in [0.25, 0.3) is 0 Å². The van der Waals surface area contributed by atoms with Crippen LogP contribution in [0.25, 0.3) is 11.1 Å². The van der Waals surface area contributed by atoms with E-state index in [1.54, 1.807) is 6.20 Å². The van der Waals surface area contributed by atoms with Gasteiger partial charge in [-0.3, -0.25) is 9.89 Å². The van der Waals surface area contributed by atoms with Gasteiger partial charge in [0, 0.05) is 29.5 Å². The number of hydrogen-bond acceptors (Lipinski definition) is 5. The highest BCUT2D eigenvalue weighted by molar-refractivity contribution is 7.13. The third-order valence-electron chi connectivity index (χ3n) is 8.39. The Morgan fingerprint density at radius 1 is 1.05 bits per heavy atom. The quantitative estimate of drug-likeness (QED) is 0.275.